The van der Waals surface area contributed by atoms with E-state index < -0.39 is 0 Å². The van der Waals surface area contributed by atoms with Gasteiger partial charge in [-0.2, -0.15) is 0 Å². The number of likely N-dealkylation sites (tertiary alicyclic amines) is 1. The van der Waals surface area contributed by atoms with Crippen LogP contribution in [0.3, 0.4) is 0 Å². The Labute approximate surface area is 88.2 Å². The Morgan fingerprint density at radius 1 is 1.36 bits per heavy atom. The van der Waals surface area contributed by atoms with Gasteiger partial charge in [0, 0.05) is 18.1 Å². The summed E-state index contributed by atoms with van der Waals surface area (Å²) >= 11 is 0. The molecule has 2 unspecified atom stereocenters. The Morgan fingerprint density at radius 2 is 2.00 bits per heavy atom. The van der Waals surface area contributed by atoms with Gasteiger partial charge in [0.1, 0.15) is 0 Å². The van der Waals surface area contributed by atoms with Crippen molar-refractivity contribution in [1.29, 1.82) is 0 Å². The van der Waals surface area contributed by atoms with E-state index in [1.165, 1.54) is 19.5 Å². The predicted molar refractivity (Wildman–Crippen MR) is 61.6 cm³/mol. The van der Waals surface area contributed by atoms with E-state index in [4.69, 9.17) is 0 Å². The van der Waals surface area contributed by atoms with E-state index >= 15 is 0 Å². The minimum atomic E-state index is 0.171. The van der Waals surface area contributed by atoms with Gasteiger partial charge < -0.3 is 15.5 Å². The number of nitrogens with zero attached hydrogens (tertiary/aromatic N) is 1. The molecule has 1 fully saturated rings. The van der Waals surface area contributed by atoms with Crippen molar-refractivity contribution in [1.82, 2.24) is 15.5 Å². The first-order chi connectivity index (χ1) is 6.51. The topological polar surface area (TPSA) is 27.3 Å². The molecule has 0 aromatic heterocycles. The van der Waals surface area contributed by atoms with Crippen LogP contribution in [-0.2, 0) is 0 Å². The van der Waals surface area contributed by atoms with Crippen molar-refractivity contribution in [2.75, 3.05) is 34.2 Å². The Morgan fingerprint density at radius 3 is 2.36 bits per heavy atom. The van der Waals surface area contributed by atoms with Crippen molar-refractivity contribution in [3.63, 3.8) is 0 Å². The molecule has 1 aliphatic heterocycles. The van der Waals surface area contributed by atoms with Gasteiger partial charge in [-0.3, -0.25) is 0 Å². The SMILES string of the molecule is CNC(C1CCN(C)C1)C(C)(C)NC. The van der Waals surface area contributed by atoms with Crippen molar-refractivity contribution in [3.8, 4) is 0 Å². The number of nitrogens with one attached hydrogen (secondary N) is 2. The molecule has 0 radical (unpaired) electrons. The van der Waals surface area contributed by atoms with Gasteiger partial charge in [0.05, 0.1) is 0 Å². The Kier molecular flexibility index (Phi) is 3.93. The summed E-state index contributed by atoms with van der Waals surface area (Å²) in [5.41, 5.74) is 0.171. The third-order valence-corrected chi connectivity index (χ3v) is 3.63. The van der Waals surface area contributed by atoms with Crippen LogP contribution in [0, 0.1) is 5.92 Å². The van der Waals surface area contributed by atoms with Gasteiger partial charge in [0.2, 0.25) is 0 Å². The average molecular weight is 199 g/mol. The Hall–Kier alpha value is -0.120. The van der Waals surface area contributed by atoms with Crippen LogP contribution in [0.2, 0.25) is 0 Å². The lowest BCUT2D eigenvalue weighted by Gasteiger charge is -2.38. The van der Waals surface area contributed by atoms with E-state index in [0.29, 0.717) is 6.04 Å². The van der Waals surface area contributed by atoms with Crippen LogP contribution >= 0.6 is 0 Å². The molecule has 1 heterocycles. The van der Waals surface area contributed by atoms with Crippen LogP contribution in [-0.4, -0.2) is 50.7 Å². The fraction of sp³-hybridized carbons (Fsp3) is 1.00. The van der Waals surface area contributed by atoms with E-state index in [9.17, 15) is 0 Å². The van der Waals surface area contributed by atoms with E-state index in [1.54, 1.807) is 0 Å². The van der Waals surface area contributed by atoms with Gasteiger partial charge in [-0.1, -0.05) is 0 Å². The molecule has 0 amide bonds. The fourth-order valence-electron chi connectivity index (χ4n) is 2.58. The second-order valence-electron chi connectivity index (χ2n) is 5.05. The molecule has 0 aromatic rings. The number of rotatable bonds is 4. The van der Waals surface area contributed by atoms with Crippen LogP contribution in [0.15, 0.2) is 0 Å². The van der Waals surface area contributed by atoms with Gasteiger partial charge >= 0.3 is 0 Å². The van der Waals surface area contributed by atoms with Gasteiger partial charge in [0.25, 0.3) is 0 Å². The van der Waals surface area contributed by atoms with Gasteiger partial charge in [-0.15, -0.1) is 0 Å². The predicted octanol–water partition coefficient (Wildman–Crippen LogP) is 0.524. The van der Waals surface area contributed by atoms with Crippen LogP contribution in [0.4, 0.5) is 0 Å². The van der Waals surface area contributed by atoms with Crippen molar-refractivity contribution < 1.29 is 0 Å². The monoisotopic (exact) mass is 199 g/mol. The highest BCUT2D eigenvalue weighted by Crippen LogP contribution is 2.24. The minimum absolute atomic E-state index is 0.171. The first kappa shape index (κ1) is 12.0. The summed E-state index contributed by atoms with van der Waals surface area (Å²) in [6.45, 7) is 7.00. The summed E-state index contributed by atoms with van der Waals surface area (Å²) in [7, 11) is 6.32. The Balaban J connectivity index is 2.62. The highest BCUT2D eigenvalue weighted by molar-refractivity contribution is 4.96. The van der Waals surface area contributed by atoms with Crippen molar-refractivity contribution in [3.05, 3.63) is 0 Å². The van der Waals surface area contributed by atoms with E-state index in [2.05, 4.69) is 43.5 Å². The fourth-order valence-corrected chi connectivity index (χ4v) is 2.58. The van der Waals surface area contributed by atoms with Crippen LogP contribution in [0.5, 0.6) is 0 Å². The molecule has 0 aliphatic carbocycles. The molecule has 3 heteroatoms. The molecule has 0 bridgehead atoms. The third kappa shape index (κ3) is 2.47. The summed E-state index contributed by atoms with van der Waals surface area (Å²) in [6.07, 6.45) is 1.31. The normalized spacial score (nSPS) is 26.8. The molecular weight excluding hydrogens is 174 g/mol. The first-order valence-corrected chi connectivity index (χ1v) is 5.56. The third-order valence-electron chi connectivity index (χ3n) is 3.63. The molecular formula is C11H25N3. The molecule has 3 nitrogen and oxygen atoms in total. The molecule has 84 valence electrons. The quantitative estimate of drug-likeness (QED) is 0.691. The van der Waals surface area contributed by atoms with E-state index in [-0.39, 0.29) is 5.54 Å². The zero-order valence-electron chi connectivity index (χ0n) is 10.2. The number of hydrogen-bond acceptors (Lipinski definition) is 3. The molecule has 2 N–H and O–H groups in total. The van der Waals surface area contributed by atoms with Gasteiger partial charge in [-0.05, 0) is 53.9 Å². The largest absolute Gasteiger partial charge is 0.315 e. The standard InChI is InChI=1S/C11H25N3/c1-11(2,13-4)10(12-3)9-6-7-14(5)8-9/h9-10,12-13H,6-8H2,1-5H3. The van der Waals surface area contributed by atoms with Crippen LogP contribution in [0.25, 0.3) is 0 Å². The van der Waals surface area contributed by atoms with Crippen molar-refractivity contribution >= 4 is 0 Å². The lowest BCUT2D eigenvalue weighted by Crippen LogP contribution is -2.57. The van der Waals surface area contributed by atoms with Gasteiger partial charge in [0.15, 0.2) is 0 Å². The maximum atomic E-state index is 3.47. The lowest BCUT2D eigenvalue weighted by atomic mass is 9.84. The summed E-state index contributed by atoms with van der Waals surface area (Å²) < 4.78 is 0. The highest BCUT2D eigenvalue weighted by atomic mass is 15.1. The highest BCUT2D eigenvalue weighted by Gasteiger charge is 2.36. The second-order valence-corrected chi connectivity index (χ2v) is 5.05. The van der Waals surface area contributed by atoms with E-state index in [1.807, 2.05) is 7.05 Å². The summed E-state index contributed by atoms with van der Waals surface area (Å²) in [5, 5.41) is 6.87. The molecule has 0 aromatic carbocycles. The maximum absolute atomic E-state index is 3.47. The average Bonchev–Trinajstić information content (AvgIpc) is 2.53. The van der Waals surface area contributed by atoms with Crippen molar-refractivity contribution in [2.24, 2.45) is 5.92 Å². The smallest absolute Gasteiger partial charge is 0.0282 e. The molecule has 0 saturated carbocycles. The van der Waals surface area contributed by atoms with Crippen molar-refractivity contribution in [2.45, 2.75) is 31.8 Å². The lowest BCUT2D eigenvalue weighted by molar-refractivity contribution is 0.226. The first-order valence-electron chi connectivity index (χ1n) is 5.56. The molecule has 1 aliphatic rings. The van der Waals surface area contributed by atoms with Crippen LogP contribution < -0.4 is 10.6 Å². The number of hydrogen-bond donors (Lipinski definition) is 2. The minimum Gasteiger partial charge on any atom is -0.315 e. The Bertz CT molecular complexity index is 179. The van der Waals surface area contributed by atoms with Gasteiger partial charge in [-0.25, -0.2) is 0 Å². The number of likely N-dealkylation sites (N-methyl/N-ethyl adjacent to an activating group) is 2. The zero-order valence-corrected chi connectivity index (χ0v) is 10.2. The summed E-state index contributed by atoms with van der Waals surface area (Å²) in [4.78, 5) is 2.42. The molecule has 1 rings (SSSR count). The summed E-state index contributed by atoms with van der Waals surface area (Å²) in [6, 6.07) is 0.553. The van der Waals surface area contributed by atoms with Crippen LogP contribution in [0.1, 0.15) is 20.3 Å². The zero-order chi connectivity index (χ0) is 10.8. The summed E-state index contributed by atoms with van der Waals surface area (Å²) in [5.74, 6) is 0.771. The molecule has 14 heavy (non-hydrogen) atoms. The maximum Gasteiger partial charge on any atom is 0.0282 e. The molecule has 0 spiro atoms. The second kappa shape index (κ2) is 4.60. The van der Waals surface area contributed by atoms with E-state index in [0.717, 1.165) is 5.92 Å². The molecule has 1 saturated heterocycles. The molecule has 2 atom stereocenters.